The summed E-state index contributed by atoms with van der Waals surface area (Å²) in [5, 5.41) is 4.21. The first-order chi connectivity index (χ1) is 14.6. The zero-order chi connectivity index (χ0) is 21.1. The topological polar surface area (TPSA) is 81.1 Å². The van der Waals surface area contributed by atoms with E-state index in [1.54, 1.807) is 13.2 Å². The molecule has 7 nitrogen and oxygen atoms in total. The number of aromatic amines is 1. The second-order valence-corrected chi connectivity index (χ2v) is 9.16. The minimum atomic E-state index is -0.125. The molecule has 1 amide bonds. The van der Waals surface area contributed by atoms with Gasteiger partial charge >= 0.3 is 0 Å². The molecule has 0 aromatic carbocycles. The number of pyridine rings is 1. The number of nitrogens with one attached hydrogen (secondary N) is 2. The van der Waals surface area contributed by atoms with E-state index >= 15 is 0 Å². The molecule has 30 heavy (non-hydrogen) atoms. The van der Waals surface area contributed by atoms with Crippen molar-refractivity contribution in [2.24, 2.45) is 5.92 Å². The molecular weight excluding hydrogens is 398 g/mol. The number of aromatic nitrogens is 2. The molecule has 0 spiro atoms. The first kappa shape index (κ1) is 20.8. The Hall–Kier alpha value is -2.48. The first-order valence-electron chi connectivity index (χ1n) is 10.8. The molecule has 2 fully saturated rings. The predicted molar refractivity (Wildman–Crippen MR) is 120 cm³/mol. The highest BCUT2D eigenvalue weighted by Crippen LogP contribution is 2.36. The number of carbonyl (C=O) groups excluding carboxylic acids is 1. The van der Waals surface area contributed by atoms with Gasteiger partial charge in [-0.15, -0.1) is 0 Å². The van der Waals surface area contributed by atoms with E-state index in [4.69, 9.17) is 0 Å². The van der Waals surface area contributed by atoms with Crippen molar-refractivity contribution in [1.29, 1.82) is 0 Å². The summed E-state index contributed by atoms with van der Waals surface area (Å²) < 4.78 is 2.44. The second kappa shape index (κ2) is 9.12. The summed E-state index contributed by atoms with van der Waals surface area (Å²) in [7, 11) is 1.63. The van der Waals surface area contributed by atoms with Crippen LogP contribution in [0.2, 0.25) is 0 Å². The maximum atomic E-state index is 12.1. The highest BCUT2D eigenvalue weighted by molar-refractivity contribution is 7.17. The molecule has 0 radical (unpaired) electrons. The number of rotatable bonds is 5. The number of anilines is 1. The quantitative estimate of drug-likeness (QED) is 0.716. The number of hydrogen-bond acceptors (Lipinski definition) is 5. The Labute approximate surface area is 180 Å². The number of piperazine rings is 1. The van der Waals surface area contributed by atoms with Crippen molar-refractivity contribution in [2.45, 2.75) is 38.5 Å². The van der Waals surface area contributed by atoms with Crippen LogP contribution in [0.4, 0.5) is 5.00 Å². The largest absolute Gasteiger partial charge is 0.353 e. The van der Waals surface area contributed by atoms with Gasteiger partial charge in [-0.2, -0.15) is 0 Å². The third-order valence-electron chi connectivity index (χ3n) is 6.27. The Morgan fingerprint density at radius 3 is 2.87 bits per heavy atom. The summed E-state index contributed by atoms with van der Waals surface area (Å²) in [4.78, 5) is 33.5. The molecule has 1 aliphatic heterocycles. The minimum Gasteiger partial charge on any atom is -0.353 e. The van der Waals surface area contributed by atoms with Crippen molar-refractivity contribution in [2.75, 3.05) is 38.1 Å². The zero-order valence-corrected chi connectivity index (χ0v) is 18.5. The van der Waals surface area contributed by atoms with Crippen molar-refractivity contribution >= 4 is 28.5 Å². The van der Waals surface area contributed by atoms with Gasteiger partial charge in [-0.05, 0) is 37.7 Å². The summed E-state index contributed by atoms with van der Waals surface area (Å²) in [6.45, 7) is 5.86. The highest BCUT2D eigenvalue weighted by atomic mass is 32.1. The minimum absolute atomic E-state index is 0.0705. The molecule has 1 saturated heterocycles. The van der Waals surface area contributed by atoms with Crippen molar-refractivity contribution in [3.63, 3.8) is 0 Å². The SMILES string of the molecule is CCc1ccc([C@@H]2CCC(C=[N+]3CCN(c4cnc(C(=O)NC)s4)CC3)C2)[nH]c1=O. The normalized spacial score (nSPS) is 21.7. The third kappa shape index (κ3) is 4.48. The number of amides is 1. The fourth-order valence-electron chi connectivity index (χ4n) is 4.48. The van der Waals surface area contributed by atoms with Crippen LogP contribution in [0.3, 0.4) is 0 Å². The lowest BCUT2D eigenvalue weighted by Crippen LogP contribution is -2.42. The molecule has 2 aromatic heterocycles. The van der Waals surface area contributed by atoms with Crippen LogP contribution in [0.15, 0.2) is 23.1 Å². The zero-order valence-electron chi connectivity index (χ0n) is 17.7. The second-order valence-electron chi connectivity index (χ2n) is 8.15. The van der Waals surface area contributed by atoms with E-state index in [1.165, 1.54) is 17.8 Å². The molecule has 3 heterocycles. The number of carbonyl (C=O) groups is 1. The maximum absolute atomic E-state index is 12.1. The molecule has 1 saturated carbocycles. The van der Waals surface area contributed by atoms with E-state index in [-0.39, 0.29) is 11.5 Å². The van der Waals surface area contributed by atoms with Crippen molar-refractivity contribution < 1.29 is 9.37 Å². The average Bonchev–Trinajstić information content (AvgIpc) is 3.44. The van der Waals surface area contributed by atoms with Crippen molar-refractivity contribution in [1.82, 2.24) is 15.3 Å². The number of aryl methyl sites for hydroxylation is 1. The van der Waals surface area contributed by atoms with Gasteiger partial charge < -0.3 is 15.2 Å². The predicted octanol–water partition coefficient (Wildman–Crippen LogP) is 2.24. The molecule has 2 atom stereocenters. The summed E-state index contributed by atoms with van der Waals surface area (Å²) in [6, 6.07) is 4.09. The van der Waals surface area contributed by atoms with Crippen LogP contribution < -0.4 is 15.8 Å². The van der Waals surface area contributed by atoms with Gasteiger partial charge in [0.25, 0.3) is 11.5 Å². The van der Waals surface area contributed by atoms with E-state index < -0.39 is 0 Å². The maximum Gasteiger partial charge on any atom is 0.280 e. The van der Waals surface area contributed by atoms with Gasteiger partial charge in [0, 0.05) is 24.2 Å². The molecule has 2 aliphatic rings. The van der Waals surface area contributed by atoms with E-state index in [0.717, 1.165) is 61.7 Å². The molecule has 2 N–H and O–H groups in total. The Balaban J connectivity index is 1.32. The van der Waals surface area contributed by atoms with Crippen LogP contribution in [0.1, 0.15) is 53.2 Å². The van der Waals surface area contributed by atoms with E-state index in [9.17, 15) is 9.59 Å². The van der Waals surface area contributed by atoms with Crippen LogP contribution in [0.5, 0.6) is 0 Å². The van der Waals surface area contributed by atoms with Crippen molar-refractivity contribution in [3.8, 4) is 0 Å². The van der Waals surface area contributed by atoms with E-state index in [1.807, 2.05) is 13.0 Å². The van der Waals surface area contributed by atoms with Gasteiger partial charge in [0.05, 0.1) is 19.3 Å². The number of hydrogen-bond donors (Lipinski definition) is 2. The number of thiazole rings is 1. The van der Waals surface area contributed by atoms with Gasteiger partial charge in [0.2, 0.25) is 0 Å². The van der Waals surface area contributed by atoms with Gasteiger partial charge in [-0.25, -0.2) is 9.56 Å². The van der Waals surface area contributed by atoms with Crippen LogP contribution in [-0.4, -0.2) is 59.9 Å². The lowest BCUT2D eigenvalue weighted by atomic mass is 10.0. The summed E-state index contributed by atoms with van der Waals surface area (Å²) in [6.07, 6.45) is 8.40. The standard InChI is InChI=1S/C22H29N5O2S/c1-3-16-6-7-18(25-20(16)28)17-5-4-15(12-17)14-26-8-10-27(11-9-26)19-13-24-22(30-19)21(29)23-2/h6-7,13-15,17H,3-5,8-12H2,1-2H3,(H-,23,25,28,29)/p+1/t15?,17-/m1/s1. The fourth-order valence-corrected chi connectivity index (χ4v) is 5.40. The number of nitrogens with zero attached hydrogens (tertiary/aromatic N) is 3. The Morgan fingerprint density at radius 2 is 2.17 bits per heavy atom. The molecule has 1 aliphatic carbocycles. The van der Waals surface area contributed by atoms with Gasteiger partial charge in [0.1, 0.15) is 11.2 Å². The van der Waals surface area contributed by atoms with Gasteiger partial charge in [-0.1, -0.05) is 24.3 Å². The lowest BCUT2D eigenvalue weighted by Gasteiger charge is -2.25. The monoisotopic (exact) mass is 428 g/mol. The first-order valence-corrected chi connectivity index (χ1v) is 11.6. The third-order valence-corrected chi connectivity index (χ3v) is 7.33. The summed E-state index contributed by atoms with van der Waals surface area (Å²) >= 11 is 1.45. The van der Waals surface area contributed by atoms with E-state index in [0.29, 0.717) is 16.8 Å². The Morgan fingerprint density at radius 1 is 1.37 bits per heavy atom. The molecule has 0 bridgehead atoms. The summed E-state index contributed by atoms with van der Waals surface area (Å²) in [5.41, 5.74) is 2.03. The Kier molecular flexibility index (Phi) is 6.32. The molecule has 8 heteroatoms. The molecular formula is C22H30N5O2S+. The fraction of sp³-hybridized carbons (Fsp3) is 0.545. The molecule has 160 valence electrons. The molecule has 4 rings (SSSR count). The van der Waals surface area contributed by atoms with Crippen LogP contribution in [0, 0.1) is 5.92 Å². The number of H-pyrrole nitrogens is 1. The van der Waals surface area contributed by atoms with Crippen LogP contribution in [0.25, 0.3) is 0 Å². The lowest BCUT2D eigenvalue weighted by molar-refractivity contribution is -0.527. The highest BCUT2D eigenvalue weighted by Gasteiger charge is 2.29. The molecule has 1 unspecified atom stereocenters. The van der Waals surface area contributed by atoms with E-state index in [2.05, 4.69) is 37.0 Å². The van der Waals surface area contributed by atoms with Crippen molar-refractivity contribution in [3.05, 3.63) is 44.9 Å². The van der Waals surface area contributed by atoms with Crippen LogP contribution >= 0.6 is 11.3 Å². The molecule has 2 aromatic rings. The average molecular weight is 429 g/mol. The summed E-state index contributed by atoms with van der Waals surface area (Å²) in [5.74, 6) is 0.894. The smallest absolute Gasteiger partial charge is 0.280 e. The Bertz CT molecular complexity index is 985. The van der Waals surface area contributed by atoms with Gasteiger partial charge in [-0.3, -0.25) is 9.59 Å². The van der Waals surface area contributed by atoms with Gasteiger partial charge in [0.15, 0.2) is 18.1 Å². The van der Waals surface area contributed by atoms with Crippen LogP contribution in [-0.2, 0) is 6.42 Å².